The molecule has 0 amide bonds. The quantitative estimate of drug-likeness (QED) is 0.518. The molecule has 0 saturated heterocycles. The van der Waals surface area contributed by atoms with E-state index in [1.165, 1.54) is 0 Å². The largest absolute Gasteiger partial charge is 3.00 e. The molecule has 0 atom stereocenters. The van der Waals surface area contributed by atoms with Gasteiger partial charge in [0.1, 0.15) is 0 Å². The van der Waals surface area contributed by atoms with Crippen molar-refractivity contribution in [3.63, 3.8) is 0 Å². The molecule has 0 aromatic rings. The third-order valence-electron chi connectivity index (χ3n) is 0. The maximum atomic E-state index is 0. The maximum absolute atomic E-state index is 0. The summed E-state index contributed by atoms with van der Waals surface area (Å²) in [6.45, 7) is 0. The van der Waals surface area contributed by atoms with E-state index in [4.69, 9.17) is 0 Å². The van der Waals surface area contributed by atoms with Crippen molar-refractivity contribution in [2.75, 3.05) is 0 Å². The summed E-state index contributed by atoms with van der Waals surface area (Å²) in [5.74, 6) is 0. The van der Waals surface area contributed by atoms with Crippen LogP contribution in [0.1, 0.15) is 0 Å². The van der Waals surface area contributed by atoms with Crippen LogP contribution in [0.3, 0.4) is 0 Å². The van der Waals surface area contributed by atoms with Gasteiger partial charge in [0.05, 0.1) is 0 Å². The molecule has 0 spiro atoms. The van der Waals surface area contributed by atoms with Crippen LogP contribution < -0.4 is 0 Å². The zero-order valence-electron chi connectivity index (χ0n) is 1.86. The van der Waals surface area contributed by atoms with Crippen LogP contribution in [-0.2, 0) is 22.3 Å². The molecule has 0 aliphatic heterocycles. The van der Waals surface area contributed by atoms with Crippen LogP contribution in [0.5, 0.6) is 0 Å². The van der Waals surface area contributed by atoms with Crippen molar-refractivity contribution >= 4 is 23.1 Å². The van der Waals surface area contributed by atoms with Crippen LogP contribution in [0, 0.1) is 40.4 Å². The van der Waals surface area contributed by atoms with Gasteiger partial charge in [0, 0.05) is 0 Å². The predicted molar refractivity (Wildman–Crippen MR) is 6.44 cm³/mol. The first kappa shape index (κ1) is 30.9. The fourth-order valence-electron chi connectivity index (χ4n) is 0. The van der Waals surface area contributed by atoms with Crippen molar-refractivity contribution in [2.45, 2.75) is 0 Å². The minimum atomic E-state index is 0. The summed E-state index contributed by atoms with van der Waals surface area (Å²) in [6.07, 6.45) is 0. The zero-order chi connectivity index (χ0) is 0. The van der Waals surface area contributed by atoms with E-state index in [-0.39, 0.29) is 85.7 Å². The second kappa shape index (κ2) is 17.6. The van der Waals surface area contributed by atoms with E-state index >= 15 is 0 Å². The van der Waals surface area contributed by atoms with Gasteiger partial charge >= 0.3 is 80.2 Å². The van der Waals surface area contributed by atoms with E-state index in [0.29, 0.717) is 0 Å². The standard InChI is InChI=1S/Co.Mg.O.Sm/q2*+2;-2;+3. The molecule has 0 aliphatic carbocycles. The molecule has 2 radical (unpaired) electrons. The van der Waals surface area contributed by atoms with Crippen LogP contribution >= 0.6 is 0 Å². The Morgan fingerprint density at radius 1 is 1.00 bits per heavy atom. The summed E-state index contributed by atoms with van der Waals surface area (Å²) >= 11 is 0. The fourth-order valence-corrected chi connectivity index (χ4v) is 0. The van der Waals surface area contributed by atoms with E-state index in [1.54, 1.807) is 0 Å². The second-order valence-electron chi connectivity index (χ2n) is 0. The van der Waals surface area contributed by atoms with E-state index in [0.717, 1.165) is 0 Å². The molecule has 0 aromatic carbocycles. The van der Waals surface area contributed by atoms with Gasteiger partial charge in [-0.05, 0) is 0 Å². The summed E-state index contributed by atoms with van der Waals surface area (Å²) in [7, 11) is 0. The van der Waals surface area contributed by atoms with Crippen molar-refractivity contribution in [1.29, 1.82) is 0 Å². The van der Waals surface area contributed by atoms with E-state index in [1.807, 2.05) is 0 Å². The van der Waals surface area contributed by atoms with Gasteiger partial charge in [-0.1, -0.05) is 0 Å². The van der Waals surface area contributed by atoms with Crippen LogP contribution in [0.2, 0.25) is 0 Å². The van der Waals surface area contributed by atoms with Crippen molar-refractivity contribution in [2.24, 2.45) is 0 Å². The first-order chi connectivity index (χ1) is 0. The molecule has 0 fully saturated rings. The summed E-state index contributed by atoms with van der Waals surface area (Å²) in [5, 5.41) is 0. The smallest absolute Gasteiger partial charge is 2.00 e. The van der Waals surface area contributed by atoms with Gasteiger partial charge in [0.2, 0.25) is 0 Å². The minimum absolute atomic E-state index is 0. The molecule has 0 unspecified atom stereocenters. The predicted octanol–water partition coefficient (Wildman–Crippen LogP) is -0.502. The molecule has 0 aliphatic rings. The molecule has 0 aromatic heterocycles. The fraction of sp³-hybridized carbons (Fsp3) is 0. The van der Waals surface area contributed by atoms with Gasteiger partial charge in [0.25, 0.3) is 0 Å². The number of rotatable bonds is 0. The number of hydrogen-bond donors (Lipinski definition) is 0. The zero-order valence-corrected chi connectivity index (χ0v) is 6.93. The van der Waals surface area contributed by atoms with E-state index < -0.39 is 0 Å². The molecular weight excluding hydrogens is 250 g/mol. The van der Waals surface area contributed by atoms with Crippen molar-refractivity contribution in [3.8, 4) is 0 Å². The summed E-state index contributed by atoms with van der Waals surface area (Å²) in [4.78, 5) is 0. The SMILES string of the molecule is [Co+2].[Mg+2].[O-2].[Sm+3]. The molecule has 4 heteroatoms. The Bertz CT molecular complexity index is 8.00. The van der Waals surface area contributed by atoms with Gasteiger partial charge in [-0.25, -0.2) is 0 Å². The molecule has 0 bridgehead atoms. The Kier molecular flexibility index (Phi) is 136. The molecule has 0 heterocycles. The Balaban J connectivity index is 0. The molecule has 0 rings (SSSR count). The monoisotopic (exact) mass is 251 g/mol. The third kappa shape index (κ3) is 8.82. The van der Waals surface area contributed by atoms with Crippen LogP contribution in [-0.4, -0.2) is 23.1 Å². The molecule has 1 nitrogen and oxygen atoms in total. The van der Waals surface area contributed by atoms with Gasteiger partial charge < -0.3 is 5.48 Å². The van der Waals surface area contributed by atoms with Crippen LogP contribution in [0.15, 0.2) is 0 Å². The average molecular weight is 250 g/mol. The minimum Gasteiger partial charge on any atom is -2.00 e. The summed E-state index contributed by atoms with van der Waals surface area (Å²) in [6, 6.07) is 0. The number of hydrogen-bond acceptors (Lipinski definition) is 0. The van der Waals surface area contributed by atoms with Gasteiger partial charge in [-0.2, -0.15) is 0 Å². The summed E-state index contributed by atoms with van der Waals surface area (Å²) < 4.78 is 0. The maximum Gasteiger partial charge on any atom is 3.00 e. The van der Waals surface area contributed by atoms with Crippen LogP contribution in [0.4, 0.5) is 0 Å². The summed E-state index contributed by atoms with van der Waals surface area (Å²) in [5.41, 5.74) is 0. The van der Waals surface area contributed by atoms with Crippen LogP contribution in [0.25, 0.3) is 0 Å². The van der Waals surface area contributed by atoms with Gasteiger partial charge in [-0.15, -0.1) is 0 Å². The topological polar surface area (TPSA) is 28.5 Å². The Hall–Kier alpha value is 2.57. The van der Waals surface area contributed by atoms with Crippen molar-refractivity contribution in [1.82, 2.24) is 0 Å². The second-order valence-corrected chi connectivity index (χ2v) is 0. The molecule has 0 saturated carbocycles. The Morgan fingerprint density at radius 3 is 1.00 bits per heavy atom. The van der Waals surface area contributed by atoms with Gasteiger partial charge in [0.15, 0.2) is 0 Å². The Morgan fingerprint density at radius 2 is 1.00 bits per heavy atom. The first-order valence-electron chi connectivity index (χ1n) is 0. The molecule has 0 N–H and O–H groups in total. The normalized spacial score (nSPS) is 0. The third-order valence-corrected chi connectivity index (χ3v) is 0. The van der Waals surface area contributed by atoms with E-state index in [9.17, 15) is 0 Å². The molecule has 4 heavy (non-hydrogen) atoms. The Labute approximate surface area is 84.0 Å². The average Bonchev–Trinajstić information content (AvgIpc) is 0. The van der Waals surface area contributed by atoms with Crippen molar-refractivity contribution < 1.29 is 62.6 Å². The first-order valence-corrected chi connectivity index (χ1v) is 0. The molecule has 18 valence electrons. The van der Waals surface area contributed by atoms with Crippen molar-refractivity contribution in [3.05, 3.63) is 0 Å². The van der Waals surface area contributed by atoms with Gasteiger partial charge in [-0.3, -0.25) is 0 Å². The molecular formula is CoMgOSm+5. The van der Waals surface area contributed by atoms with E-state index in [2.05, 4.69) is 0 Å².